The first-order chi connectivity index (χ1) is 4.00. The molecule has 0 aromatic rings. The summed E-state index contributed by atoms with van der Waals surface area (Å²) < 4.78 is 0. The van der Waals surface area contributed by atoms with Crippen molar-refractivity contribution >= 4 is 49.1 Å². The molecule has 9 heavy (non-hydrogen) atoms. The summed E-state index contributed by atoms with van der Waals surface area (Å²) in [6.07, 6.45) is 0.222. The number of aliphatic carboxylic acids is 1. The van der Waals surface area contributed by atoms with Crippen LogP contribution in [0.2, 0.25) is 0 Å². The van der Waals surface area contributed by atoms with Crippen molar-refractivity contribution in [1.29, 1.82) is 0 Å². The number of carbonyl (C=O) groups is 1. The normalized spacial score (nSPS) is 8.11. The molecule has 0 aromatic carbocycles. The summed E-state index contributed by atoms with van der Waals surface area (Å²) in [5, 5.41) is 7.72. The maximum atomic E-state index is 9.37. The second kappa shape index (κ2) is 9.14. The zero-order valence-electron chi connectivity index (χ0n) is 4.77. The molecule has 0 rings (SSSR count). The van der Waals surface area contributed by atoms with Crippen molar-refractivity contribution in [2.75, 3.05) is 0 Å². The second-order valence-corrected chi connectivity index (χ2v) is 15.7. The molecule has 0 spiro atoms. The molecule has 0 radical (unpaired) electrons. The van der Waals surface area contributed by atoms with E-state index in [0.717, 1.165) is 0 Å². The van der Waals surface area contributed by atoms with Crippen LogP contribution in [-0.2, 0) is 4.79 Å². The van der Waals surface area contributed by atoms with Crippen molar-refractivity contribution in [2.45, 2.75) is 13.3 Å². The van der Waals surface area contributed by atoms with E-state index in [4.69, 9.17) is 31.9 Å². The Balaban J connectivity index is 0. The fourth-order valence-electron chi connectivity index (χ4n) is 0. The van der Waals surface area contributed by atoms with Crippen LogP contribution in [0.3, 0.4) is 0 Å². The van der Waals surface area contributed by atoms with Gasteiger partial charge in [-0.2, -0.15) is 0 Å². The van der Waals surface area contributed by atoms with Crippen molar-refractivity contribution in [2.24, 2.45) is 0 Å². The molecule has 1 N–H and O–H groups in total. The molecule has 0 saturated carbocycles. The number of carboxylic acids is 1. The van der Waals surface area contributed by atoms with Crippen LogP contribution >= 0.6 is 26.8 Å². The van der Waals surface area contributed by atoms with E-state index < -0.39 is 22.3 Å². The third-order valence-electron chi connectivity index (χ3n) is 0.302. The standard InChI is InChI=1S/C3H6O2.3ClH.Sn.H/c1-2-3(4)5;;;;;/h2H2,1H3,(H,4,5);3*1H;;/q;;;;+3;/p-3. The molecule has 0 bridgehead atoms. The quantitative estimate of drug-likeness (QED) is 0.751. The molecule has 6 heteroatoms. The topological polar surface area (TPSA) is 37.3 Å². The summed E-state index contributed by atoms with van der Waals surface area (Å²) in [5.41, 5.74) is 0. The molecule has 0 aliphatic rings. The SMILES string of the molecule is CCC(=O)O.[Cl][SnH]([Cl])[Cl]. The third-order valence-corrected chi connectivity index (χ3v) is 0.302. The van der Waals surface area contributed by atoms with Crippen molar-refractivity contribution in [3.05, 3.63) is 0 Å². The fraction of sp³-hybridized carbons (Fsp3) is 0.667. The summed E-state index contributed by atoms with van der Waals surface area (Å²) in [7, 11) is 15.0. The van der Waals surface area contributed by atoms with Gasteiger partial charge in [-0.3, -0.25) is 4.79 Å². The first-order valence-electron chi connectivity index (χ1n) is 2.14. The molecule has 0 atom stereocenters. The van der Waals surface area contributed by atoms with Gasteiger partial charge in [-0.05, 0) is 0 Å². The van der Waals surface area contributed by atoms with E-state index >= 15 is 0 Å². The predicted molar refractivity (Wildman–Crippen MR) is 42.6 cm³/mol. The van der Waals surface area contributed by atoms with Crippen LogP contribution in [0.5, 0.6) is 0 Å². The minimum absolute atomic E-state index is 0.222. The van der Waals surface area contributed by atoms with E-state index in [1.54, 1.807) is 6.92 Å². The molecule has 0 unspecified atom stereocenters. The van der Waals surface area contributed by atoms with E-state index in [1.165, 1.54) is 0 Å². The number of carboxylic acid groups (broad SMARTS) is 1. The van der Waals surface area contributed by atoms with Gasteiger partial charge in [-0.1, -0.05) is 6.92 Å². The van der Waals surface area contributed by atoms with Crippen LogP contribution < -0.4 is 0 Å². The first-order valence-corrected chi connectivity index (χ1v) is 14.7. The summed E-state index contributed by atoms with van der Waals surface area (Å²) in [6, 6.07) is 0. The average molecular weight is 300 g/mol. The summed E-state index contributed by atoms with van der Waals surface area (Å²) in [6.45, 7) is 1.60. The average Bonchev–Trinajstić information content (AvgIpc) is 1.65. The zero-order chi connectivity index (χ0) is 7.86. The van der Waals surface area contributed by atoms with E-state index in [-0.39, 0.29) is 6.42 Å². The molecule has 0 heterocycles. The van der Waals surface area contributed by atoms with Gasteiger partial charge >= 0.3 is 49.1 Å². The summed E-state index contributed by atoms with van der Waals surface area (Å²) in [5.74, 6) is -0.745. The van der Waals surface area contributed by atoms with Crippen molar-refractivity contribution in [3.8, 4) is 0 Å². The Bertz CT molecular complexity index is 74.7. The van der Waals surface area contributed by atoms with Gasteiger partial charge in [0.2, 0.25) is 0 Å². The number of rotatable bonds is 1. The Labute approximate surface area is 72.0 Å². The van der Waals surface area contributed by atoms with Gasteiger partial charge in [0.25, 0.3) is 0 Å². The van der Waals surface area contributed by atoms with Crippen molar-refractivity contribution < 1.29 is 9.90 Å². The molecule has 0 aliphatic heterocycles. The molecular weight excluding hydrogens is 293 g/mol. The molecule has 2 nitrogen and oxygen atoms in total. The van der Waals surface area contributed by atoms with E-state index in [0.29, 0.717) is 0 Å². The number of halogens is 3. The first kappa shape index (κ1) is 12.8. The fourth-order valence-corrected chi connectivity index (χ4v) is 0. The van der Waals surface area contributed by atoms with Gasteiger partial charge in [0, 0.05) is 6.42 Å². The van der Waals surface area contributed by atoms with Gasteiger partial charge < -0.3 is 5.11 Å². The molecule has 0 aliphatic carbocycles. The van der Waals surface area contributed by atoms with Crippen LogP contribution in [0.15, 0.2) is 0 Å². The van der Waals surface area contributed by atoms with Gasteiger partial charge in [0.05, 0.1) is 0 Å². The summed E-state index contributed by atoms with van der Waals surface area (Å²) in [4.78, 5) is 9.37. The van der Waals surface area contributed by atoms with Crippen LogP contribution in [-0.4, -0.2) is 27.5 Å². The molecule has 0 aromatic heterocycles. The Morgan fingerprint density at radius 2 is 1.67 bits per heavy atom. The van der Waals surface area contributed by atoms with Gasteiger partial charge in [-0.25, -0.2) is 0 Å². The van der Waals surface area contributed by atoms with E-state index in [1.807, 2.05) is 0 Å². The van der Waals surface area contributed by atoms with Crippen LogP contribution in [0.1, 0.15) is 13.3 Å². The minimum atomic E-state index is -2.22. The molecule has 56 valence electrons. The van der Waals surface area contributed by atoms with Crippen LogP contribution in [0.4, 0.5) is 0 Å². The Morgan fingerprint density at radius 1 is 1.56 bits per heavy atom. The predicted octanol–water partition coefficient (Wildman–Crippen LogP) is 1.90. The Kier molecular flexibility index (Phi) is 13.0. The summed E-state index contributed by atoms with van der Waals surface area (Å²) >= 11 is -2.22. The van der Waals surface area contributed by atoms with Gasteiger partial charge in [-0.15, -0.1) is 0 Å². The van der Waals surface area contributed by atoms with Gasteiger partial charge in [0.15, 0.2) is 0 Å². The van der Waals surface area contributed by atoms with Gasteiger partial charge in [0.1, 0.15) is 0 Å². The van der Waals surface area contributed by atoms with E-state index in [2.05, 4.69) is 0 Å². The molecular formula is C3H7Cl3O2Sn. The molecule has 0 fully saturated rings. The van der Waals surface area contributed by atoms with Crippen molar-refractivity contribution in [1.82, 2.24) is 0 Å². The number of hydrogen-bond donors (Lipinski definition) is 1. The maximum absolute atomic E-state index is 9.37. The molecule has 0 amide bonds. The van der Waals surface area contributed by atoms with Crippen LogP contribution in [0.25, 0.3) is 0 Å². The monoisotopic (exact) mass is 300 g/mol. The third kappa shape index (κ3) is 47.3. The van der Waals surface area contributed by atoms with Crippen molar-refractivity contribution in [3.63, 3.8) is 0 Å². The molecule has 0 saturated heterocycles. The Hall–Kier alpha value is 1.14. The Morgan fingerprint density at radius 3 is 1.67 bits per heavy atom. The van der Waals surface area contributed by atoms with E-state index in [9.17, 15) is 4.79 Å². The van der Waals surface area contributed by atoms with Crippen LogP contribution in [0, 0.1) is 0 Å². The second-order valence-electron chi connectivity index (χ2n) is 0.995. The zero-order valence-corrected chi connectivity index (χ0v) is 10.3. The number of hydrogen-bond acceptors (Lipinski definition) is 1.